The number of rotatable bonds is 10. The fourth-order valence-electron chi connectivity index (χ4n) is 6.50. The van der Waals surface area contributed by atoms with Crippen molar-refractivity contribution in [2.45, 2.75) is 45.9 Å². The number of aryl methyl sites for hydroxylation is 2. The molecule has 0 aliphatic rings. The monoisotopic (exact) mass is 845 g/mol. The number of hydrogen-bond acceptors (Lipinski definition) is 5. The number of para-hydroxylation sites is 1. The zero-order valence-electron chi connectivity index (χ0n) is 28.5. The maximum atomic E-state index is 6.56. The van der Waals surface area contributed by atoms with Gasteiger partial charge in [0.05, 0.1) is 13.3 Å². The summed E-state index contributed by atoms with van der Waals surface area (Å²) in [4.78, 5) is 5.98. The zero-order chi connectivity index (χ0) is 33.4. The summed E-state index contributed by atoms with van der Waals surface area (Å²) < 4.78 is 16.1. The number of pyridine rings is 1. The maximum Gasteiger partial charge on any atom is 2.00 e. The molecule has 0 spiro atoms. The number of ether oxygens (including phenoxy) is 2. The maximum absolute atomic E-state index is 6.56. The molecule has 49 heavy (non-hydrogen) atoms. The molecule has 0 aliphatic heterocycles. The van der Waals surface area contributed by atoms with Gasteiger partial charge in [0.2, 0.25) is 0 Å². The van der Waals surface area contributed by atoms with Crippen molar-refractivity contribution in [1.29, 1.82) is 0 Å². The molecule has 0 saturated carbocycles. The van der Waals surface area contributed by atoms with Gasteiger partial charge in [-0.05, 0) is 84.0 Å². The van der Waals surface area contributed by atoms with Crippen LogP contribution in [0.4, 0.5) is 0 Å². The van der Waals surface area contributed by atoms with Gasteiger partial charge >= 0.3 is 21.1 Å². The van der Waals surface area contributed by atoms with E-state index in [2.05, 4.69) is 111 Å². The Hall–Kier alpha value is -4.32. The van der Waals surface area contributed by atoms with Gasteiger partial charge in [-0.3, -0.25) is 4.68 Å². The molecule has 3 heterocycles. The molecule has 0 fully saturated rings. The molecule has 0 aliphatic carbocycles. The first-order chi connectivity index (χ1) is 23.3. The van der Waals surface area contributed by atoms with Crippen molar-refractivity contribution in [2.24, 2.45) is 5.92 Å². The van der Waals surface area contributed by atoms with Gasteiger partial charge < -0.3 is 14.0 Å². The first-order valence-electron chi connectivity index (χ1n) is 16.3. The first kappa shape index (κ1) is 34.5. The van der Waals surface area contributed by atoms with E-state index in [-0.39, 0.29) is 21.1 Å². The minimum absolute atomic E-state index is 0. The molecule has 7 rings (SSSR count). The van der Waals surface area contributed by atoms with Crippen LogP contribution in [0.3, 0.4) is 0 Å². The Morgan fingerprint density at radius 3 is 2.45 bits per heavy atom. The minimum atomic E-state index is 0. The van der Waals surface area contributed by atoms with E-state index in [9.17, 15) is 0 Å². The largest absolute Gasteiger partial charge is 2.00 e. The summed E-state index contributed by atoms with van der Waals surface area (Å²) in [6.07, 6.45) is 6.70. The molecule has 4 aromatic carbocycles. The van der Waals surface area contributed by atoms with E-state index in [1.54, 1.807) is 13.3 Å². The average Bonchev–Trinajstić information content (AvgIpc) is 3.67. The van der Waals surface area contributed by atoms with Crippen LogP contribution in [0.2, 0.25) is 0 Å². The van der Waals surface area contributed by atoms with Gasteiger partial charge in [-0.25, -0.2) is 4.98 Å². The molecule has 0 bridgehead atoms. The van der Waals surface area contributed by atoms with Crippen molar-refractivity contribution in [3.05, 3.63) is 120 Å². The normalized spacial score (nSPS) is 11.3. The summed E-state index contributed by atoms with van der Waals surface area (Å²) in [6.45, 7) is 11.0. The van der Waals surface area contributed by atoms with E-state index in [1.165, 1.54) is 21.6 Å². The molecule has 0 saturated heterocycles. The van der Waals surface area contributed by atoms with Crippen LogP contribution in [0, 0.1) is 31.9 Å². The summed E-state index contributed by atoms with van der Waals surface area (Å²) in [5.74, 6) is 4.22. The number of nitrogens with zero attached hydrogens (tertiary/aromatic N) is 4. The zero-order valence-corrected chi connectivity index (χ0v) is 31.6. The van der Waals surface area contributed by atoms with E-state index in [0.29, 0.717) is 17.4 Å². The summed E-state index contributed by atoms with van der Waals surface area (Å²) in [5.41, 5.74) is 8.71. The van der Waals surface area contributed by atoms with E-state index in [4.69, 9.17) is 14.6 Å². The Balaban J connectivity index is 0.00000417. The van der Waals surface area contributed by atoms with Crippen LogP contribution >= 0.6 is 11.8 Å². The van der Waals surface area contributed by atoms with Crippen molar-refractivity contribution in [2.75, 3.05) is 12.9 Å². The summed E-state index contributed by atoms with van der Waals surface area (Å²) in [7, 11) is 1.66. The quantitative estimate of drug-likeness (QED) is 0.101. The number of benzene rings is 4. The van der Waals surface area contributed by atoms with Crippen molar-refractivity contribution in [1.82, 2.24) is 19.3 Å². The van der Waals surface area contributed by atoms with Crippen LogP contribution in [-0.2, 0) is 27.5 Å². The standard InChI is InChI=1S/C41H38N4O2S.Pt/c1-7-48-35-17-27(4)41(28(5)18-35)30-24-43-44(25-30)31-19-29(16-26(2)3)20-34(21-31)47-33-12-13-37-36-10-8-9-11-38(36)45(39(37)22-33)40-23-32(46-6)14-15-42-40;/h8-15,17-20,23-26H,7,16H2,1-6H3;/q-2;+2. The third-order valence-corrected chi connectivity index (χ3v) is 9.29. The van der Waals surface area contributed by atoms with Gasteiger partial charge in [0.1, 0.15) is 11.6 Å². The minimum Gasteiger partial charge on any atom is -0.509 e. The second-order valence-corrected chi connectivity index (χ2v) is 13.8. The summed E-state index contributed by atoms with van der Waals surface area (Å²) in [6, 6.07) is 32.0. The second kappa shape index (κ2) is 14.7. The Kier molecular flexibility index (Phi) is 10.3. The van der Waals surface area contributed by atoms with Gasteiger partial charge in [0, 0.05) is 45.9 Å². The molecule has 0 unspecified atom stereocenters. The molecule has 0 radical (unpaired) electrons. The van der Waals surface area contributed by atoms with E-state index in [0.717, 1.165) is 62.4 Å². The van der Waals surface area contributed by atoms with Gasteiger partial charge in [-0.1, -0.05) is 44.5 Å². The smallest absolute Gasteiger partial charge is 0.509 e. The third kappa shape index (κ3) is 7.06. The Bertz CT molecular complexity index is 2250. The predicted molar refractivity (Wildman–Crippen MR) is 196 cm³/mol. The summed E-state index contributed by atoms with van der Waals surface area (Å²) in [5, 5.41) is 6.98. The molecular formula is C41H38N4O2PtS. The molecular weight excluding hydrogens is 808 g/mol. The van der Waals surface area contributed by atoms with Crippen molar-refractivity contribution < 1.29 is 30.5 Å². The van der Waals surface area contributed by atoms with Crippen LogP contribution in [0.1, 0.15) is 37.5 Å². The van der Waals surface area contributed by atoms with Crippen LogP contribution in [-0.4, -0.2) is 32.2 Å². The van der Waals surface area contributed by atoms with E-state index in [1.807, 2.05) is 46.9 Å². The first-order valence-corrected chi connectivity index (χ1v) is 17.3. The van der Waals surface area contributed by atoms with E-state index >= 15 is 0 Å². The average molecular weight is 846 g/mol. The third-order valence-electron chi connectivity index (χ3n) is 8.43. The van der Waals surface area contributed by atoms with Crippen LogP contribution < -0.4 is 9.47 Å². The Labute approximate surface area is 306 Å². The molecule has 3 aromatic heterocycles. The fourth-order valence-corrected chi connectivity index (χ4v) is 7.36. The van der Waals surface area contributed by atoms with Gasteiger partial charge in [-0.15, -0.1) is 47.5 Å². The molecule has 0 atom stereocenters. The van der Waals surface area contributed by atoms with Gasteiger partial charge in [0.25, 0.3) is 0 Å². The van der Waals surface area contributed by atoms with Crippen molar-refractivity contribution in [3.63, 3.8) is 0 Å². The van der Waals surface area contributed by atoms with Crippen molar-refractivity contribution >= 4 is 33.6 Å². The number of fused-ring (bicyclic) bond motifs is 3. The van der Waals surface area contributed by atoms with Gasteiger partial charge in [-0.2, -0.15) is 16.7 Å². The molecule has 250 valence electrons. The number of aromatic nitrogens is 4. The molecule has 6 nitrogen and oxygen atoms in total. The van der Waals surface area contributed by atoms with Crippen molar-refractivity contribution in [3.8, 4) is 39.9 Å². The molecule has 0 N–H and O–H groups in total. The van der Waals surface area contributed by atoms with Gasteiger partial charge in [0.15, 0.2) is 0 Å². The Morgan fingerprint density at radius 2 is 1.69 bits per heavy atom. The number of methoxy groups -OCH3 is 1. The van der Waals surface area contributed by atoms with E-state index < -0.39 is 0 Å². The molecule has 7 aromatic rings. The number of thioether (sulfide) groups is 1. The van der Waals surface area contributed by atoms with Crippen LogP contribution in [0.15, 0.2) is 96.3 Å². The fraction of sp³-hybridized carbons (Fsp3) is 0.220. The summed E-state index contributed by atoms with van der Waals surface area (Å²) >= 11 is 1.87. The van der Waals surface area contributed by atoms with Crippen LogP contribution in [0.5, 0.6) is 17.2 Å². The molecule has 0 amide bonds. The molecule has 8 heteroatoms. The SMILES string of the molecule is CCSc1cc(C)c(-c2cnn(-c3[c-]c(Oc4[c-]c5c(cc4)c4ccccc4n5-c4cc(OC)ccn4)cc(CC(C)C)c3)c2)c(C)c1.[Pt+2]. The van der Waals surface area contributed by atoms with Crippen LogP contribution in [0.25, 0.3) is 44.4 Å². The second-order valence-electron chi connectivity index (χ2n) is 12.5. The number of hydrogen-bond donors (Lipinski definition) is 0. The topological polar surface area (TPSA) is 54.1 Å². The Morgan fingerprint density at radius 1 is 0.898 bits per heavy atom. The predicted octanol–water partition coefficient (Wildman–Crippen LogP) is 10.4.